The van der Waals surface area contributed by atoms with E-state index in [-0.39, 0.29) is 16.7 Å². The van der Waals surface area contributed by atoms with Crippen LogP contribution in [0.2, 0.25) is 0 Å². The van der Waals surface area contributed by atoms with Crippen LogP contribution in [0.25, 0.3) is 0 Å². The van der Waals surface area contributed by atoms with E-state index in [1.807, 2.05) is 0 Å². The SMILES string of the molecule is Cc1cnc(CN2CC(N)C2)c(C)c1[N+](=O)[O-]. The highest BCUT2D eigenvalue weighted by molar-refractivity contribution is 5.47. The normalized spacial score (nSPS) is 16.9. The average Bonchev–Trinajstić information content (AvgIpc) is 2.19. The van der Waals surface area contributed by atoms with Crippen LogP contribution in [0.5, 0.6) is 0 Å². The Bertz CT molecular complexity index is 455. The van der Waals surface area contributed by atoms with Crippen molar-refractivity contribution in [2.45, 2.75) is 26.4 Å². The molecule has 2 rings (SSSR count). The summed E-state index contributed by atoms with van der Waals surface area (Å²) in [6.07, 6.45) is 1.57. The van der Waals surface area contributed by atoms with E-state index in [1.165, 1.54) is 0 Å². The van der Waals surface area contributed by atoms with Gasteiger partial charge < -0.3 is 5.73 Å². The first-order chi connectivity index (χ1) is 7.99. The molecule has 0 atom stereocenters. The highest BCUT2D eigenvalue weighted by atomic mass is 16.6. The van der Waals surface area contributed by atoms with E-state index < -0.39 is 0 Å². The molecule has 0 amide bonds. The van der Waals surface area contributed by atoms with Gasteiger partial charge in [0.1, 0.15) is 0 Å². The fraction of sp³-hybridized carbons (Fsp3) is 0.545. The highest BCUT2D eigenvalue weighted by Gasteiger charge is 2.26. The molecule has 0 radical (unpaired) electrons. The topological polar surface area (TPSA) is 85.3 Å². The molecule has 0 aromatic carbocycles. The summed E-state index contributed by atoms with van der Waals surface area (Å²) in [4.78, 5) is 17.0. The van der Waals surface area contributed by atoms with Gasteiger partial charge in [0.05, 0.1) is 10.6 Å². The van der Waals surface area contributed by atoms with Crippen molar-refractivity contribution in [3.63, 3.8) is 0 Å². The lowest BCUT2D eigenvalue weighted by molar-refractivity contribution is -0.386. The second kappa shape index (κ2) is 4.38. The van der Waals surface area contributed by atoms with Crippen molar-refractivity contribution in [2.24, 2.45) is 5.73 Å². The molecule has 1 aliphatic heterocycles. The molecule has 2 heterocycles. The van der Waals surface area contributed by atoms with Crippen LogP contribution in [-0.2, 0) is 6.54 Å². The number of hydrogen-bond donors (Lipinski definition) is 1. The first-order valence-corrected chi connectivity index (χ1v) is 5.56. The zero-order chi connectivity index (χ0) is 12.6. The quantitative estimate of drug-likeness (QED) is 0.618. The molecule has 1 aliphatic rings. The van der Waals surface area contributed by atoms with E-state index in [0.29, 0.717) is 17.7 Å². The lowest BCUT2D eigenvalue weighted by atomic mass is 10.1. The van der Waals surface area contributed by atoms with Crippen LogP contribution >= 0.6 is 0 Å². The van der Waals surface area contributed by atoms with E-state index in [2.05, 4.69) is 9.88 Å². The van der Waals surface area contributed by atoms with Crippen LogP contribution in [0.15, 0.2) is 6.20 Å². The van der Waals surface area contributed by atoms with E-state index in [4.69, 9.17) is 5.73 Å². The third-order valence-electron chi connectivity index (χ3n) is 3.12. The number of likely N-dealkylation sites (tertiary alicyclic amines) is 1. The van der Waals surface area contributed by atoms with Crippen LogP contribution in [0.3, 0.4) is 0 Å². The molecule has 0 unspecified atom stereocenters. The summed E-state index contributed by atoms with van der Waals surface area (Å²) < 4.78 is 0. The molecule has 1 fully saturated rings. The third kappa shape index (κ3) is 2.27. The minimum absolute atomic E-state index is 0.180. The van der Waals surface area contributed by atoms with Crippen molar-refractivity contribution >= 4 is 5.69 Å². The number of rotatable bonds is 3. The molecule has 2 N–H and O–H groups in total. The zero-order valence-electron chi connectivity index (χ0n) is 10.0. The molecular formula is C11H16N4O2. The Hall–Kier alpha value is -1.53. The summed E-state index contributed by atoms with van der Waals surface area (Å²) >= 11 is 0. The van der Waals surface area contributed by atoms with Crippen LogP contribution in [-0.4, -0.2) is 33.9 Å². The number of aryl methyl sites for hydroxylation is 1. The molecule has 1 aromatic heterocycles. The first kappa shape index (κ1) is 11.9. The zero-order valence-corrected chi connectivity index (χ0v) is 10.0. The Balaban J connectivity index is 2.23. The fourth-order valence-corrected chi connectivity index (χ4v) is 2.16. The predicted octanol–water partition coefficient (Wildman–Crippen LogP) is 0.750. The number of hydrogen-bond acceptors (Lipinski definition) is 5. The predicted molar refractivity (Wildman–Crippen MR) is 63.6 cm³/mol. The van der Waals surface area contributed by atoms with Crippen molar-refractivity contribution in [1.29, 1.82) is 0 Å². The van der Waals surface area contributed by atoms with Crippen LogP contribution < -0.4 is 5.73 Å². The summed E-state index contributed by atoms with van der Waals surface area (Å²) in [5.74, 6) is 0. The fourth-order valence-electron chi connectivity index (χ4n) is 2.16. The Morgan fingerprint density at radius 1 is 1.59 bits per heavy atom. The van der Waals surface area contributed by atoms with Gasteiger partial charge in [0.25, 0.3) is 5.69 Å². The van der Waals surface area contributed by atoms with Gasteiger partial charge in [0.15, 0.2) is 0 Å². The van der Waals surface area contributed by atoms with Crippen LogP contribution in [0, 0.1) is 24.0 Å². The van der Waals surface area contributed by atoms with Gasteiger partial charge in [-0.1, -0.05) is 0 Å². The van der Waals surface area contributed by atoms with Gasteiger partial charge in [-0.2, -0.15) is 0 Å². The largest absolute Gasteiger partial charge is 0.325 e. The molecule has 0 aliphatic carbocycles. The molecular weight excluding hydrogens is 220 g/mol. The summed E-state index contributed by atoms with van der Waals surface area (Å²) in [7, 11) is 0. The van der Waals surface area contributed by atoms with Gasteiger partial charge >= 0.3 is 0 Å². The number of aromatic nitrogens is 1. The monoisotopic (exact) mass is 236 g/mol. The van der Waals surface area contributed by atoms with Gasteiger partial charge in [0.2, 0.25) is 0 Å². The smallest absolute Gasteiger partial charge is 0.278 e. The minimum atomic E-state index is -0.336. The van der Waals surface area contributed by atoms with Crippen molar-refractivity contribution in [3.8, 4) is 0 Å². The Labute approximate surface area is 99.6 Å². The summed E-state index contributed by atoms with van der Waals surface area (Å²) in [6.45, 7) is 5.78. The van der Waals surface area contributed by atoms with Crippen molar-refractivity contribution in [2.75, 3.05) is 13.1 Å². The lowest BCUT2D eigenvalue weighted by Gasteiger charge is -2.36. The molecule has 92 valence electrons. The van der Waals surface area contributed by atoms with Gasteiger partial charge in [-0.05, 0) is 13.8 Å². The summed E-state index contributed by atoms with van der Waals surface area (Å²) in [6, 6.07) is 0.232. The van der Waals surface area contributed by atoms with E-state index in [1.54, 1.807) is 20.0 Å². The number of nitrogens with two attached hydrogens (primary N) is 1. The van der Waals surface area contributed by atoms with E-state index in [0.717, 1.165) is 18.8 Å². The Kier molecular flexibility index (Phi) is 3.08. The average molecular weight is 236 g/mol. The van der Waals surface area contributed by atoms with E-state index in [9.17, 15) is 10.1 Å². The second-order valence-corrected chi connectivity index (χ2v) is 4.57. The maximum Gasteiger partial charge on any atom is 0.278 e. The Morgan fingerprint density at radius 2 is 2.24 bits per heavy atom. The molecule has 6 heteroatoms. The van der Waals surface area contributed by atoms with Crippen molar-refractivity contribution in [1.82, 2.24) is 9.88 Å². The van der Waals surface area contributed by atoms with Crippen LogP contribution in [0.1, 0.15) is 16.8 Å². The Morgan fingerprint density at radius 3 is 2.76 bits per heavy atom. The summed E-state index contributed by atoms with van der Waals surface area (Å²) in [5.41, 5.74) is 7.92. The molecule has 1 saturated heterocycles. The molecule has 6 nitrogen and oxygen atoms in total. The lowest BCUT2D eigenvalue weighted by Crippen LogP contribution is -2.55. The van der Waals surface area contributed by atoms with E-state index >= 15 is 0 Å². The van der Waals surface area contributed by atoms with Gasteiger partial charge in [-0.15, -0.1) is 0 Å². The maximum atomic E-state index is 11.0. The van der Waals surface area contributed by atoms with Gasteiger partial charge in [-0.3, -0.25) is 20.0 Å². The number of pyridine rings is 1. The number of nitrogens with zero attached hydrogens (tertiary/aromatic N) is 3. The molecule has 0 saturated carbocycles. The first-order valence-electron chi connectivity index (χ1n) is 5.56. The standard InChI is InChI=1S/C11H16N4O2/c1-7-3-13-10(6-14-4-9(12)5-14)8(2)11(7)15(16)17/h3,9H,4-6,12H2,1-2H3. The maximum absolute atomic E-state index is 11.0. The molecule has 0 bridgehead atoms. The van der Waals surface area contributed by atoms with Gasteiger partial charge in [0, 0.05) is 43.0 Å². The van der Waals surface area contributed by atoms with Crippen LogP contribution in [0.4, 0.5) is 5.69 Å². The van der Waals surface area contributed by atoms with Gasteiger partial charge in [-0.25, -0.2) is 0 Å². The highest BCUT2D eigenvalue weighted by Crippen LogP contribution is 2.25. The molecule has 1 aromatic rings. The van der Waals surface area contributed by atoms with Crippen molar-refractivity contribution in [3.05, 3.63) is 33.1 Å². The molecule has 17 heavy (non-hydrogen) atoms. The molecule has 0 spiro atoms. The van der Waals surface area contributed by atoms with Crippen molar-refractivity contribution < 1.29 is 4.92 Å². The summed E-state index contributed by atoms with van der Waals surface area (Å²) in [5, 5.41) is 11.0. The number of nitro groups is 1. The second-order valence-electron chi connectivity index (χ2n) is 4.57. The minimum Gasteiger partial charge on any atom is -0.325 e. The third-order valence-corrected chi connectivity index (χ3v) is 3.12.